The van der Waals surface area contributed by atoms with Gasteiger partial charge in [0.1, 0.15) is 5.75 Å². The molecule has 1 fully saturated rings. The normalized spacial score (nSPS) is 14.4. The van der Waals surface area contributed by atoms with Gasteiger partial charge in [0.05, 0.1) is 4.92 Å². The molecule has 28 heavy (non-hydrogen) atoms. The van der Waals surface area contributed by atoms with E-state index in [1.165, 1.54) is 24.3 Å². The molecule has 0 aromatic heterocycles. The number of hydrogen-bond acceptors (Lipinski definition) is 6. The van der Waals surface area contributed by atoms with Gasteiger partial charge in [-0.1, -0.05) is 30.3 Å². The molecule has 2 aromatic rings. The molecule has 0 radical (unpaired) electrons. The summed E-state index contributed by atoms with van der Waals surface area (Å²) in [4.78, 5) is 36.9. The smallest absolute Gasteiger partial charge is 0.345 e. The summed E-state index contributed by atoms with van der Waals surface area (Å²) in [6.07, 6.45) is 0.849. The first-order valence-corrected chi connectivity index (χ1v) is 8.95. The lowest BCUT2D eigenvalue weighted by atomic mass is 10.1. The molecule has 0 saturated carbocycles. The maximum atomic E-state index is 12.8. The minimum Gasteiger partial charge on any atom is -0.482 e. The molecule has 1 amide bonds. The number of nitro groups is 1. The topological polar surface area (TPSA) is 99.0 Å². The van der Waals surface area contributed by atoms with Crippen molar-refractivity contribution < 1.29 is 24.0 Å². The Hall–Kier alpha value is -3.42. The van der Waals surface area contributed by atoms with E-state index < -0.39 is 23.6 Å². The van der Waals surface area contributed by atoms with E-state index in [1.54, 1.807) is 29.2 Å². The Morgan fingerprint density at radius 3 is 2.29 bits per heavy atom. The molecule has 1 saturated heterocycles. The Morgan fingerprint density at radius 1 is 1.04 bits per heavy atom. The first-order chi connectivity index (χ1) is 13.5. The number of nitro benzene ring substituents is 1. The van der Waals surface area contributed by atoms with Gasteiger partial charge in [0, 0.05) is 30.8 Å². The van der Waals surface area contributed by atoms with Crippen molar-refractivity contribution in [1.82, 2.24) is 4.90 Å². The standard InChI is InChI=1S/C20H20N2O6/c23-18(14-27-17-10-8-16(9-11-17)22(25)26)28-19(15-6-2-1-3-7-15)20(24)21-12-4-5-13-21/h1-3,6-11,19H,4-5,12-14H2/t19-/m0/s1. The van der Waals surface area contributed by atoms with Gasteiger partial charge in [-0.15, -0.1) is 0 Å². The van der Waals surface area contributed by atoms with Crippen molar-refractivity contribution in [2.75, 3.05) is 19.7 Å². The van der Waals surface area contributed by atoms with Crippen LogP contribution in [0.2, 0.25) is 0 Å². The van der Waals surface area contributed by atoms with Gasteiger partial charge in [0.15, 0.2) is 6.61 Å². The fourth-order valence-corrected chi connectivity index (χ4v) is 2.96. The second-order valence-electron chi connectivity index (χ2n) is 6.35. The number of nitrogens with zero attached hydrogens (tertiary/aromatic N) is 2. The van der Waals surface area contributed by atoms with Crippen LogP contribution in [0.25, 0.3) is 0 Å². The number of rotatable bonds is 7. The van der Waals surface area contributed by atoms with E-state index >= 15 is 0 Å². The summed E-state index contributed by atoms with van der Waals surface area (Å²) in [6, 6.07) is 14.2. The first-order valence-electron chi connectivity index (χ1n) is 8.95. The molecule has 0 N–H and O–H groups in total. The van der Waals surface area contributed by atoms with Crippen LogP contribution < -0.4 is 4.74 Å². The molecule has 1 aliphatic rings. The van der Waals surface area contributed by atoms with E-state index in [0.717, 1.165) is 12.8 Å². The van der Waals surface area contributed by atoms with Crippen molar-refractivity contribution in [3.63, 3.8) is 0 Å². The molecule has 2 aromatic carbocycles. The molecular weight excluding hydrogens is 364 g/mol. The number of carbonyl (C=O) groups is 2. The largest absolute Gasteiger partial charge is 0.482 e. The molecule has 1 aliphatic heterocycles. The Bertz CT molecular complexity index is 832. The lowest BCUT2D eigenvalue weighted by Crippen LogP contribution is -2.35. The third-order valence-electron chi connectivity index (χ3n) is 4.40. The highest BCUT2D eigenvalue weighted by atomic mass is 16.6. The fraction of sp³-hybridized carbons (Fsp3) is 0.300. The highest BCUT2D eigenvalue weighted by Gasteiger charge is 2.31. The number of benzene rings is 2. The third kappa shape index (κ3) is 4.85. The average molecular weight is 384 g/mol. The van der Waals surface area contributed by atoms with E-state index in [4.69, 9.17) is 9.47 Å². The van der Waals surface area contributed by atoms with Crippen LogP contribution in [0.5, 0.6) is 5.75 Å². The number of hydrogen-bond donors (Lipinski definition) is 0. The number of ether oxygens (including phenoxy) is 2. The number of non-ortho nitro benzene ring substituents is 1. The van der Waals surface area contributed by atoms with Crippen LogP contribution in [-0.4, -0.2) is 41.4 Å². The predicted molar refractivity (Wildman–Crippen MR) is 99.7 cm³/mol. The summed E-state index contributed by atoms with van der Waals surface area (Å²) >= 11 is 0. The minimum atomic E-state index is -1.02. The average Bonchev–Trinajstić information content (AvgIpc) is 3.26. The molecule has 146 valence electrons. The maximum Gasteiger partial charge on any atom is 0.345 e. The van der Waals surface area contributed by atoms with Crippen LogP contribution in [-0.2, 0) is 14.3 Å². The van der Waals surface area contributed by atoms with Crippen LogP contribution >= 0.6 is 0 Å². The van der Waals surface area contributed by atoms with Crippen molar-refractivity contribution in [3.05, 3.63) is 70.3 Å². The molecule has 8 heteroatoms. The van der Waals surface area contributed by atoms with Gasteiger partial charge in [0.2, 0.25) is 6.10 Å². The zero-order valence-corrected chi connectivity index (χ0v) is 15.2. The van der Waals surface area contributed by atoms with Gasteiger partial charge in [-0.05, 0) is 25.0 Å². The van der Waals surface area contributed by atoms with Crippen molar-refractivity contribution in [2.24, 2.45) is 0 Å². The molecule has 0 spiro atoms. The zero-order chi connectivity index (χ0) is 19.9. The van der Waals surface area contributed by atoms with Gasteiger partial charge in [0.25, 0.3) is 11.6 Å². The Labute approximate surface area is 161 Å². The summed E-state index contributed by atoms with van der Waals surface area (Å²) in [5.74, 6) is -0.642. The molecule has 1 atom stereocenters. The molecule has 8 nitrogen and oxygen atoms in total. The van der Waals surface area contributed by atoms with Crippen LogP contribution in [0, 0.1) is 10.1 Å². The fourth-order valence-electron chi connectivity index (χ4n) is 2.96. The van der Waals surface area contributed by atoms with Crippen molar-refractivity contribution in [2.45, 2.75) is 18.9 Å². The summed E-state index contributed by atoms with van der Waals surface area (Å²) in [7, 11) is 0. The van der Waals surface area contributed by atoms with Crippen LogP contribution in [0.15, 0.2) is 54.6 Å². The van der Waals surface area contributed by atoms with E-state index in [-0.39, 0.29) is 11.6 Å². The summed E-state index contributed by atoms with van der Waals surface area (Å²) in [5, 5.41) is 10.7. The highest BCUT2D eigenvalue weighted by Crippen LogP contribution is 2.23. The van der Waals surface area contributed by atoms with Gasteiger partial charge >= 0.3 is 5.97 Å². The number of carbonyl (C=O) groups excluding carboxylic acids is 2. The molecule has 1 heterocycles. The van der Waals surface area contributed by atoms with E-state index in [0.29, 0.717) is 24.4 Å². The molecule has 3 rings (SSSR count). The zero-order valence-electron chi connectivity index (χ0n) is 15.2. The molecule has 0 bridgehead atoms. The first kappa shape index (κ1) is 19.3. The third-order valence-corrected chi connectivity index (χ3v) is 4.40. The van der Waals surface area contributed by atoms with Crippen molar-refractivity contribution in [1.29, 1.82) is 0 Å². The van der Waals surface area contributed by atoms with Crippen LogP contribution in [0.1, 0.15) is 24.5 Å². The van der Waals surface area contributed by atoms with Crippen molar-refractivity contribution in [3.8, 4) is 5.75 Å². The molecule has 0 aliphatic carbocycles. The van der Waals surface area contributed by atoms with Gasteiger partial charge < -0.3 is 14.4 Å². The Morgan fingerprint density at radius 2 is 1.68 bits per heavy atom. The Balaban J connectivity index is 1.63. The number of likely N-dealkylation sites (tertiary alicyclic amines) is 1. The monoisotopic (exact) mass is 384 g/mol. The van der Waals surface area contributed by atoms with Gasteiger partial charge in [-0.3, -0.25) is 14.9 Å². The van der Waals surface area contributed by atoms with Gasteiger partial charge in [-0.25, -0.2) is 4.79 Å². The van der Waals surface area contributed by atoms with Crippen LogP contribution in [0.4, 0.5) is 5.69 Å². The molecular formula is C20H20N2O6. The SMILES string of the molecule is O=C(COc1ccc([N+](=O)[O-])cc1)O[C@H](C(=O)N1CCCC1)c1ccccc1. The van der Waals surface area contributed by atoms with Crippen molar-refractivity contribution >= 4 is 17.6 Å². The molecule has 0 unspecified atom stereocenters. The maximum absolute atomic E-state index is 12.8. The minimum absolute atomic E-state index is 0.0738. The number of amides is 1. The van der Waals surface area contributed by atoms with E-state index in [1.807, 2.05) is 6.07 Å². The summed E-state index contributed by atoms with van der Waals surface area (Å²) in [6.45, 7) is 0.895. The van der Waals surface area contributed by atoms with Gasteiger partial charge in [-0.2, -0.15) is 0 Å². The lowest BCUT2D eigenvalue weighted by Gasteiger charge is -2.23. The lowest BCUT2D eigenvalue weighted by molar-refractivity contribution is -0.384. The second kappa shape index (κ2) is 8.98. The van der Waals surface area contributed by atoms with E-state index in [2.05, 4.69) is 0 Å². The predicted octanol–water partition coefficient (Wildman–Crippen LogP) is 2.88. The summed E-state index contributed by atoms with van der Waals surface area (Å²) in [5.41, 5.74) is 0.526. The summed E-state index contributed by atoms with van der Waals surface area (Å²) < 4.78 is 10.8. The quantitative estimate of drug-likeness (QED) is 0.413. The van der Waals surface area contributed by atoms with E-state index in [9.17, 15) is 19.7 Å². The number of esters is 1. The second-order valence-corrected chi connectivity index (χ2v) is 6.35. The highest BCUT2D eigenvalue weighted by molar-refractivity contribution is 5.85. The van der Waals surface area contributed by atoms with Crippen LogP contribution in [0.3, 0.4) is 0 Å². The Kier molecular flexibility index (Phi) is 6.21.